The summed E-state index contributed by atoms with van der Waals surface area (Å²) in [5.74, 6) is -0.0308. The fourth-order valence-corrected chi connectivity index (χ4v) is 5.39. The molecule has 3 heterocycles. The molecule has 9 heteroatoms. The van der Waals surface area contributed by atoms with Gasteiger partial charge in [-0.05, 0) is 48.6 Å². The molecule has 7 nitrogen and oxygen atoms in total. The van der Waals surface area contributed by atoms with Crippen molar-refractivity contribution in [3.8, 4) is 0 Å². The van der Waals surface area contributed by atoms with Crippen molar-refractivity contribution in [1.29, 1.82) is 0 Å². The maximum absolute atomic E-state index is 12.7. The summed E-state index contributed by atoms with van der Waals surface area (Å²) in [4.78, 5) is 18.7. The smallest absolute Gasteiger partial charge is 0.271 e. The minimum absolute atomic E-state index is 0.0308. The molecule has 0 bridgehead atoms. The van der Waals surface area contributed by atoms with E-state index in [0.717, 1.165) is 24.2 Å². The second-order valence-corrected chi connectivity index (χ2v) is 9.51. The maximum Gasteiger partial charge on any atom is 0.271 e. The molecule has 0 spiro atoms. The van der Waals surface area contributed by atoms with Crippen molar-refractivity contribution < 1.29 is 13.2 Å². The minimum Gasteiger partial charge on any atom is -0.338 e. The van der Waals surface area contributed by atoms with Crippen molar-refractivity contribution in [2.24, 2.45) is 0 Å². The Kier molecular flexibility index (Phi) is 5.19. The number of thiophene rings is 1. The summed E-state index contributed by atoms with van der Waals surface area (Å²) in [6.45, 7) is 1.38. The molecule has 2 aromatic heterocycles. The number of hydrogen-bond donors (Lipinski definition) is 1. The van der Waals surface area contributed by atoms with Gasteiger partial charge in [-0.25, -0.2) is 13.4 Å². The van der Waals surface area contributed by atoms with Crippen molar-refractivity contribution in [3.05, 3.63) is 66.1 Å². The highest BCUT2D eigenvalue weighted by Gasteiger charge is 2.24. The van der Waals surface area contributed by atoms with Crippen LogP contribution in [0.2, 0.25) is 0 Å². The van der Waals surface area contributed by atoms with Crippen LogP contribution in [-0.2, 0) is 10.0 Å². The summed E-state index contributed by atoms with van der Waals surface area (Å²) < 4.78 is 29.4. The van der Waals surface area contributed by atoms with Crippen LogP contribution >= 0.6 is 11.3 Å². The van der Waals surface area contributed by atoms with E-state index in [-0.39, 0.29) is 10.1 Å². The van der Waals surface area contributed by atoms with Gasteiger partial charge in [0.1, 0.15) is 4.21 Å². The van der Waals surface area contributed by atoms with E-state index in [4.69, 9.17) is 0 Å². The zero-order valence-electron chi connectivity index (χ0n) is 15.1. The first-order chi connectivity index (χ1) is 13.5. The van der Waals surface area contributed by atoms with Gasteiger partial charge in [-0.15, -0.1) is 11.3 Å². The van der Waals surface area contributed by atoms with Crippen LogP contribution in [0.1, 0.15) is 29.2 Å². The molecular weight excluding hydrogens is 396 g/mol. The number of piperidine rings is 1. The molecule has 1 fully saturated rings. The lowest BCUT2D eigenvalue weighted by atomic mass is 10.0. The maximum atomic E-state index is 12.7. The van der Waals surface area contributed by atoms with Crippen LogP contribution in [0.5, 0.6) is 0 Å². The van der Waals surface area contributed by atoms with Crippen LogP contribution in [0.15, 0.2) is 64.7 Å². The van der Waals surface area contributed by atoms with Gasteiger partial charge >= 0.3 is 0 Å². The van der Waals surface area contributed by atoms with E-state index in [0.29, 0.717) is 30.4 Å². The van der Waals surface area contributed by atoms with Crippen LogP contribution in [-0.4, -0.2) is 41.9 Å². The number of anilines is 1. The SMILES string of the molecule is O=C(c1ccc(NS(=O)(=O)c2cccs2)cc1)N1CCC(n2ccnc2)CC1. The Balaban J connectivity index is 1.38. The van der Waals surface area contributed by atoms with Gasteiger partial charge in [0, 0.05) is 42.8 Å². The highest BCUT2D eigenvalue weighted by Crippen LogP contribution is 2.24. The van der Waals surface area contributed by atoms with Gasteiger partial charge in [0.2, 0.25) is 0 Å². The predicted molar refractivity (Wildman–Crippen MR) is 108 cm³/mol. The van der Waals surface area contributed by atoms with Crippen molar-refractivity contribution in [3.63, 3.8) is 0 Å². The van der Waals surface area contributed by atoms with Gasteiger partial charge in [0.15, 0.2) is 0 Å². The van der Waals surface area contributed by atoms with Gasteiger partial charge in [-0.1, -0.05) is 6.07 Å². The Labute approximate surface area is 167 Å². The standard InChI is InChI=1S/C19H20N4O3S2/c24-19(22-10-7-17(8-11-22)23-12-9-20-14-23)15-3-5-16(6-4-15)21-28(25,26)18-2-1-13-27-18/h1-6,9,12-14,17,21H,7-8,10-11H2. The molecule has 1 N–H and O–H groups in total. The van der Waals surface area contributed by atoms with E-state index in [2.05, 4.69) is 14.3 Å². The molecule has 1 aromatic carbocycles. The molecule has 28 heavy (non-hydrogen) atoms. The number of nitrogens with one attached hydrogen (secondary N) is 1. The first kappa shape index (κ1) is 18.7. The third kappa shape index (κ3) is 3.95. The zero-order valence-corrected chi connectivity index (χ0v) is 16.7. The molecule has 0 aliphatic carbocycles. The van der Waals surface area contributed by atoms with Gasteiger partial charge in [0.25, 0.3) is 15.9 Å². The number of nitrogens with zero attached hydrogens (tertiary/aromatic N) is 3. The Morgan fingerprint density at radius 2 is 1.89 bits per heavy atom. The Morgan fingerprint density at radius 1 is 1.14 bits per heavy atom. The summed E-state index contributed by atoms with van der Waals surface area (Å²) in [5, 5.41) is 1.71. The predicted octanol–water partition coefficient (Wildman–Crippen LogP) is 3.22. The summed E-state index contributed by atoms with van der Waals surface area (Å²) in [6, 6.07) is 10.2. The van der Waals surface area contributed by atoms with Gasteiger partial charge < -0.3 is 9.47 Å². The number of rotatable bonds is 5. The van der Waals surface area contributed by atoms with E-state index in [1.807, 2.05) is 17.4 Å². The Hall–Kier alpha value is -2.65. The molecule has 0 atom stereocenters. The number of amides is 1. The number of carbonyl (C=O) groups excluding carboxylic acids is 1. The lowest BCUT2D eigenvalue weighted by molar-refractivity contribution is 0.0694. The molecule has 146 valence electrons. The molecule has 0 radical (unpaired) electrons. The highest BCUT2D eigenvalue weighted by atomic mass is 32.2. The lowest BCUT2D eigenvalue weighted by Gasteiger charge is -2.32. The largest absolute Gasteiger partial charge is 0.338 e. The molecular formula is C19H20N4O3S2. The number of carbonyl (C=O) groups is 1. The van der Waals surface area contributed by atoms with Crippen LogP contribution in [0.3, 0.4) is 0 Å². The highest BCUT2D eigenvalue weighted by molar-refractivity contribution is 7.94. The van der Waals surface area contributed by atoms with Crippen LogP contribution in [0, 0.1) is 0 Å². The van der Waals surface area contributed by atoms with Crippen LogP contribution < -0.4 is 4.72 Å². The lowest BCUT2D eigenvalue weighted by Crippen LogP contribution is -2.38. The van der Waals surface area contributed by atoms with Gasteiger partial charge in [-0.2, -0.15) is 0 Å². The third-order valence-electron chi connectivity index (χ3n) is 4.84. The molecule has 1 saturated heterocycles. The van der Waals surface area contributed by atoms with E-state index < -0.39 is 10.0 Å². The number of benzene rings is 1. The molecule has 1 aliphatic heterocycles. The molecule has 0 unspecified atom stereocenters. The zero-order chi connectivity index (χ0) is 19.6. The minimum atomic E-state index is -3.59. The van der Waals surface area contributed by atoms with Crippen molar-refractivity contribution >= 4 is 33.0 Å². The van der Waals surface area contributed by atoms with Crippen LogP contribution in [0.4, 0.5) is 5.69 Å². The van der Waals surface area contributed by atoms with Crippen molar-refractivity contribution in [2.45, 2.75) is 23.1 Å². The van der Waals surface area contributed by atoms with E-state index in [1.165, 1.54) is 0 Å². The van der Waals surface area contributed by atoms with Gasteiger partial charge in [-0.3, -0.25) is 9.52 Å². The molecule has 1 amide bonds. The summed E-state index contributed by atoms with van der Waals surface area (Å²) >= 11 is 1.16. The average Bonchev–Trinajstić information content (AvgIpc) is 3.42. The monoisotopic (exact) mass is 416 g/mol. The number of hydrogen-bond acceptors (Lipinski definition) is 5. The number of aromatic nitrogens is 2. The molecule has 0 saturated carbocycles. The van der Waals surface area contributed by atoms with E-state index in [9.17, 15) is 13.2 Å². The number of imidazole rings is 1. The second kappa shape index (κ2) is 7.76. The topological polar surface area (TPSA) is 84.3 Å². The first-order valence-electron chi connectivity index (χ1n) is 8.96. The molecule has 3 aromatic rings. The Bertz CT molecular complexity index is 1020. The van der Waals surface area contributed by atoms with Gasteiger partial charge in [0.05, 0.1) is 6.33 Å². The normalized spacial score (nSPS) is 15.5. The number of sulfonamides is 1. The summed E-state index contributed by atoms with van der Waals surface area (Å²) in [6.07, 6.45) is 7.32. The second-order valence-electron chi connectivity index (χ2n) is 6.65. The van der Waals surface area contributed by atoms with E-state index >= 15 is 0 Å². The quantitative estimate of drug-likeness (QED) is 0.692. The van der Waals surface area contributed by atoms with Crippen molar-refractivity contribution in [2.75, 3.05) is 17.8 Å². The first-order valence-corrected chi connectivity index (χ1v) is 11.3. The fraction of sp³-hybridized carbons (Fsp3) is 0.263. The molecule has 4 rings (SSSR count). The summed E-state index contributed by atoms with van der Waals surface area (Å²) in [7, 11) is -3.59. The average molecular weight is 417 g/mol. The Morgan fingerprint density at radius 3 is 2.50 bits per heavy atom. The van der Waals surface area contributed by atoms with E-state index in [1.54, 1.807) is 48.0 Å². The third-order valence-corrected chi connectivity index (χ3v) is 7.62. The molecule has 1 aliphatic rings. The summed E-state index contributed by atoms with van der Waals surface area (Å²) in [5.41, 5.74) is 0.990. The van der Waals surface area contributed by atoms with Crippen molar-refractivity contribution in [1.82, 2.24) is 14.5 Å². The number of likely N-dealkylation sites (tertiary alicyclic amines) is 1. The fourth-order valence-electron chi connectivity index (χ4n) is 3.34. The van der Waals surface area contributed by atoms with Crippen LogP contribution in [0.25, 0.3) is 0 Å².